The van der Waals surface area contributed by atoms with E-state index in [4.69, 9.17) is 15.9 Å². The van der Waals surface area contributed by atoms with Gasteiger partial charge in [-0.15, -0.1) is 0 Å². The van der Waals surface area contributed by atoms with Crippen molar-refractivity contribution >= 4 is 17.9 Å². The summed E-state index contributed by atoms with van der Waals surface area (Å²) in [7, 11) is 0. The summed E-state index contributed by atoms with van der Waals surface area (Å²) in [4.78, 5) is 11.1. The summed E-state index contributed by atoms with van der Waals surface area (Å²) in [5.74, 6) is -0.184. The number of benzene rings is 1. The van der Waals surface area contributed by atoms with Crippen LogP contribution in [0.3, 0.4) is 0 Å². The molecule has 0 amide bonds. The molecule has 0 spiro atoms. The van der Waals surface area contributed by atoms with Crippen LogP contribution >= 0.6 is 0 Å². The highest BCUT2D eigenvalue weighted by molar-refractivity contribution is 5.95. The Bertz CT molecular complexity index is 422. The van der Waals surface area contributed by atoms with Gasteiger partial charge in [0, 0.05) is 5.56 Å². The molecule has 4 heteroatoms. The van der Waals surface area contributed by atoms with E-state index in [1.807, 2.05) is 18.2 Å². The molecule has 0 aliphatic rings. The normalized spacial score (nSPS) is 10.4. The van der Waals surface area contributed by atoms with Crippen molar-refractivity contribution in [3.05, 3.63) is 41.5 Å². The van der Waals surface area contributed by atoms with E-state index in [0.717, 1.165) is 5.56 Å². The molecule has 1 aromatic rings. The standard InChI is InChI=1S/C13H16N2O2/c1-2-17-12(16)5-3-4-10-6-8-11(9-7-10)13(14)15/h3-4,6-9H,2,5H2,1H3,(H3,14,15). The molecule has 0 aromatic heterocycles. The van der Waals surface area contributed by atoms with Crippen LogP contribution in [0.1, 0.15) is 24.5 Å². The van der Waals surface area contributed by atoms with Crippen molar-refractivity contribution in [1.29, 1.82) is 5.41 Å². The summed E-state index contributed by atoms with van der Waals surface area (Å²) in [6.07, 6.45) is 3.85. The van der Waals surface area contributed by atoms with Crippen LogP contribution in [0, 0.1) is 5.41 Å². The van der Waals surface area contributed by atoms with Crippen LogP contribution in [-0.2, 0) is 9.53 Å². The van der Waals surface area contributed by atoms with Gasteiger partial charge in [0.05, 0.1) is 13.0 Å². The number of hydrogen-bond donors (Lipinski definition) is 2. The largest absolute Gasteiger partial charge is 0.466 e. The SMILES string of the molecule is CCOC(=O)CC=Cc1ccc(C(=N)N)cc1. The topological polar surface area (TPSA) is 76.2 Å². The highest BCUT2D eigenvalue weighted by Crippen LogP contribution is 2.06. The first-order valence-corrected chi connectivity index (χ1v) is 5.40. The average Bonchev–Trinajstić information content (AvgIpc) is 2.30. The molecule has 17 heavy (non-hydrogen) atoms. The summed E-state index contributed by atoms with van der Waals surface area (Å²) in [6.45, 7) is 2.18. The third kappa shape index (κ3) is 4.51. The third-order valence-corrected chi connectivity index (χ3v) is 2.12. The van der Waals surface area contributed by atoms with Gasteiger partial charge in [-0.05, 0) is 12.5 Å². The van der Waals surface area contributed by atoms with Crippen molar-refractivity contribution in [3.8, 4) is 0 Å². The van der Waals surface area contributed by atoms with Gasteiger partial charge in [0.1, 0.15) is 5.84 Å². The Morgan fingerprint density at radius 1 is 1.41 bits per heavy atom. The highest BCUT2D eigenvalue weighted by atomic mass is 16.5. The molecule has 0 radical (unpaired) electrons. The second-order valence-electron chi connectivity index (χ2n) is 3.45. The maximum atomic E-state index is 11.1. The quantitative estimate of drug-likeness (QED) is 0.462. The molecule has 0 atom stereocenters. The fourth-order valence-corrected chi connectivity index (χ4v) is 1.28. The first-order valence-electron chi connectivity index (χ1n) is 5.40. The second-order valence-corrected chi connectivity index (χ2v) is 3.45. The van der Waals surface area contributed by atoms with E-state index in [9.17, 15) is 4.79 Å². The molecule has 0 fully saturated rings. The predicted octanol–water partition coefficient (Wildman–Crippen LogP) is 1.94. The minimum absolute atomic E-state index is 0.0482. The van der Waals surface area contributed by atoms with E-state index in [1.54, 1.807) is 25.1 Å². The minimum Gasteiger partial charge on any atom is -0.466 e. The van der Waals surface area contributed by atoms with E-state index < -0.39 is 0 Å². The molecule has 0 aliphatic heterocycles. The number of rotatable bonds is 5. The minimum atomic E-state index is -0.232. The van der Waals surface area contributed by atoms with Crippen LogP contribution in [0.25, 0.3) is 6.08 Å². The molecule has 0 heterocycles. The lowest BCUT2D eigenvalue weighted by Gasteiger charge is -1.99. The van der Waals surface area contributed by atoms with Crippen molar-refractivity contribution in [2.75, 3.05) is 6.61 Å². The van der Waals surface area contributed by atoms with E-state index in [2.05, 4.69) is 0 Å². The van der Waals surface area contributed by atoms with Gasteiger partial charge in [-0.1, -0.05) is 36.4 Å². The van der Waals surface area contributed by atoms with Crippen LogP contribution in [0.2, 0.25) is 0 Å². The zero-order valence-electron chi connectivity index (χ0n) is 9.77. The molecule has 0 unspecified atom stereocenters. The summed E-state index contributed by atoms with van der Waals surface area (Å²) in [5, 5.41) is 7.24. The highest BCUT2D eigenvalue weighted by Gasteiger charge is 1.97. The maximum absolute atomic E-state index is 11.1. The Labute approximate surface area is 101 Å². The maximum Gasteiger partial charge on any atom is 0.309 e. The van der Waals surface area contributed by atoms with Crippen molar-refractivity contribution in [2.24, 2.45) is 5.73 Å². The molecule has 1 rings (SSSR count). The van der Waals surface area contributed by atoms with Gasteiger partial charge >= 0.3 is 5.97 Å². The van der Waals surface area contributed by atoms with Crippen LogP contribution in [-0.4, -0.2) is 18.4 Å². The van der Waals surface area contributed by atoms with Gasteiger partial charge < -0.3 is 10.5 Å². The van der Waals surface area contributed by atoms with Crippen molar-refractivity contribution < 1.29 is 9.53 Å². The molecular weight excluding hydrogens is 216 g/mol. The van der Waals surface area contributed by atoms with Crippen LogP contribution in [0.15, 0.2) is 30.3 Å². The first kappa shape index (κ1) is 13.0. The number of nitrogens with two attached hydrogens (primary N) is 1. The number of ether oxygens (including phenoxy) is 1. The van der Waals surface area contributed by atoms with E-state index in [-0.39, 0.29) is 18.2 Å². The van der Waals surface area contributed by atoms with E-state index in [0.29, 0.717) is 12.2 Å². The van der Waals surface area contributed by atoms with E-state index >= 15 is 0 Å². The van der Waals surface area contributed by atoms with Gasteiger partial charge in [-0.2, -0.15) is 0 Å². The van der Waals surface area contributed by atoms with Crippen LogP contribution in [0.4, 0.5) is 0 Å². The molecule has 1 aromatic carbocycles. The first-order chi connectivity index (χ1) is 8.13. The predicted molar refractivity (Wildman–Crippen MR) is 67.7 cm³/mol. The second kappa shape index (κ2) is 6.48. The van der Waals surface area contributed by atoms with Gasteiger partial charge in [-0.25, -0.2) is 0 Å². The summed E-state index contributed by atoms with van der Waals surface area (Å²) >= 11 is 0. The number of carbonyl (C=O) groups excluding carboxylic acids is 1. The summed E-state index contributed by atoms with van der Waals surface area (Å²) in [5.41, 5.74) is 6.99. The van der Waals surface area contributed by atoms with Gasteiger partial charge in [0.2, 0.25) is 0 Å². The molecule has 90 valence electrons. The monoisotopic (exact) mass is 232 g/mol. The number of amidine groups is 1. The fraction of sp³-hybridized carbons (Fsp3) is 0.231. The molecule has 4 nitrogen and oxygen atoms in total. The molecule has 3 N–H and O–H groups in total. The lowest BCUT2D eigenvalue weighted by Crippen LogP contribution is -2.10. The average molecular weight is 232 g/mol. The number of nitrogen functional groups attached to an aromatic ring is 1. The Hall–Kier alpha value is -2.10. The number of hydrogen-bond acceptors (Lipinski definition) is 3. The number of nitrogens with one attached hydrogen (secondary N) is 1. The zero-order valence-corrected chi connectivity index (χ0v) is 9.77. The van der Waals surface area contributed by atoms with Gasteiger partial charge in [0.15, 0.2) is 0 Å². The van der Waals surface area contributed by atoms with Gasteiger partial charge in [-0.3, -0.25) is 10.2 Å². The molecule has 0 saturated heterocycles. The fourth-order valence-electron chi connectivity index (χ4n) is 1.28. The van der Waals surface area contributed by atoms with Crippen molar-refractivity contribution in [1.82, 2.24) is 0 Å². The van der Waals surface area contributed by atoms with Crippen LogP contribution < -0.4 is 5.73 Å². The Morgan fingerprint density at radius 3 is 2.59 bits per heavy atom. The van der Waals surface area contributed by atoms with Crippen LogP contribution in [0.5, 0.6) is 0 Å². The lowest BCUT2D eigenvalue weighted by molar-refractivity contribution is -0.142. The zero-order chi connectivity index (χ0) is 12.7. The molecule has 0 aliphatic carbocycles. The summed E-state index contributed by atoms with van der Waals surface area (Å²) in [6, 6.07) is 7.23. The third-order valence-electron chi connectivity index (χ3n) is 2.12. The Kier molecular flexibility index (Phi) is 4.94. The summed E-state index contributed by atoms with van der Waals surface area (Å²) < 4.78 is 4.80. The molecule has 0 saturated carbocycles. The lowest BCUT2D eigenvalue weighted by atomic mass is 10.1. The number of carbonyl (C=O) groups is 1. The Balaban J connectivity index is 2.54. The molecule has 0 bridgehead atoms. The van der Waals surface area contributed by atoms with Crippen molar-refractivity contribution in [2.45, 2.75) is 13.3 Å². The number of esters is 1. The van der Waals surface area contributed by atoms with Gasteiger partial charge in [0.25, 0.3) is 0 Å². The van der Waals surface area contributed by atoms with Crippen molar-refractivity contribution in [3.63, 3.8) is 0 Å². The van der Waals surface area contributed by atoms with E-state index in [1.165, 1.54) is 0 Å². The smallest absolute Gasteiger partial charge is 0.309 e. The Morgan fingerprint density at radius 2 is 2.06 bits per heavy atom. The molecular formula is C13H16N2O2.